The Hall–Kier alpha value is -2.76. The first-order valence-electron chi connectivity index (χ1n) is 6.74. The molecule has 1 amide bonds. The molecule has 0 aliphatic carbocycles. The minimum Gasteiger partial charge on any atom is -0.461 e. The number of aromatic amines is 1. The van der Waals surface area contributed by atoms with Gasteiger partial charge < -0.3 is 9.73 Å². The van der Waals surface area contributed by atoms with E-state index in [1.165, 1.54) is 12.3 Å². The molecular formula is C15H10ClN5O2S. The second-order valence-corrected chi connectivity index (χ2v) is 5.96. The van der Waals surface area contributed by atoms with Crippen LogP contribution in [0.1, 0.15) is 5.56 Å². The molecular weight excluding hydrogens is 350 g/mol. The quantitative estimate of drug-likeness (QED) is 0.676. The van der Waals surface area contributed by atoms with Crippen LogP contribution in [0.15, 0.2) is 46.2 Å². The number of aromatic nitrogens is 3. The van der Waals surface area contributed by atoms with E-state index in [0.717, 1.165) is 11.8 Å². The van der Waals surface area contributed by atoms with Crippen LogP contribution < -0.4 is 5.32 Å². The van der Waals surface area contributed by atoms with Gasteiger partial charge in [0, 0.05) is 5.02 Å². The van der Waals surface area contributed by atoms with Crippen LogP contribution in [-0.2, 0) is 4.79 Å². The van der Waals surface area contributed by atoms with Crippen LogP contribution >= 0.6 is 23.4 Å². The maximum atomic E-state index is 12.0. The molecule has 7 nitrogen and oxygen atoms in total. The molecule has 1 aromatic carbocycles. The van der Waals surface area contributed by atoms with Gasteiger partial charge in [-0.25, -0.2) is 0 Å². The lowest BCUT2D eigenvalue weighted by Crippen LogP contribution is -2.15. The van der Waals surface area contributed by atoms with Crippen LogP contribution in [0.25, 0.3) is 11.6 Å². The number of anilines is 1. The summed E-state index contributed by atoms with van der Waals surface area (Å²) in [5.74, 6) is 0.858. The summed E-state index contributed by atoms with van der Waals surface area (Å²) in [6.07, 6.45) is 1.54. The van der Waals surface area contributed by atoms with Gasteiger partial charge in [0.1, 0.15) is 6.07 Å². The Morgan fingerprint density at radius 2 is 2.33 bits per heavy atom. The average Bonchev–Trinajstić information content (AvgIpc) is 3.24. The van der Waals surface area contributed by atoms with Crippen molar-refractivity contribution in [2.75, 3.05) is 11.1 Å². The third-order valence-corrected chi connectivity index (χ3v) is 4.01. The van der Waals surface area contributed by atoms with Crippen molar-refractivity contribution in [3.05, 3.63) is 47.2 Å². The van der Waals surface area contributed by atoms with E-state index in [1.54, 1.807) is 24.3 Å². The number of carbonyl (C=O) groups excluding carboxylic acids is 1. The molecule has 0 spiro atoms. The summed E-state index contributed by atoms with van der Waals surface area (Å²) >= 11 is 7.04. The van der Waals surface area contributed by atoms with E-state index in [2.05, 4.69) is 20.5 Å². The molecule has 0 aliphatic heterocycles. The number of carbonyl (C=O) groups is 1. The zero-order valence-electron chi connectivity index (χ0n) is 12.1. The van der Waals surface area contributed by atoms with Crippen LogP contribution in [0.2, 0.25) is 5.02 Å². The lowest BCUT2D eigenvalue weighted by Gasteiger charge is -2.06. The Labute approximate surface area is 146 Å². The molecule has 2 N–H and O–H groups in total. The van der Waals surface area contributed by atoms with E-state index in [1.807, 2.05) is 6.07 Å². The second-order valence-electron chi connectivity index (χ2n) is 4.58. The number of amides is 1. The van der Waals surface area contributed by atoms with Crippen LogP contribution in [0.3, 0.4) is 0 Å². The fourth-order valence-corrected chi connectivity index (χ4v) is 2.64. The van der Waals surface area contributed by atoms with E-state index >= 15 is 0 Å². The number of hydrogen-bond donors (Lipinski definition) is 2. The fraction of sp³-hybridized carbons (Fsp3) is 0.0667. The normalized spacial score (nSPS) is 10.3. The number of benzene rings is 1. The van der Waals surface area contributed by atoms with Crippen LogP contribution in [0, 0.1) is 11.3 Å². The predicted molar refractivity (Wildman–Crippen MR) is 89.6 cm³/mol. The van der Waals surface area contributed by atoms with Crippen LogP contribution in [0.4, 0.5) is 5.69 Å². The van der Waals surface area contributed by atoms with Crippen molar-refractivity contribution in [3.63, 3.8) is 0 Å². The van der Waals surface area contributed by atoms with E-state index in [-0.39, 0.29) is 11.7 Å². The van der Waals surface area contributed by atoms with Gasteiger partial charge in [0.15, 0.2) is 11.6 Å². The van der Waals surface area contributed by atoms with Gasteiger partial charge in [0.2, 0.25) is 11.1 Å². The standard InChI is InChI=1S/C15H10ClN5O2S/c16-10-4-3-9(7-17)11(6-10)18-13(22)8-24-15-19-14(20-21-15)12-2-1-5-23-12/h1-6H,8H2,(H,18,22)(H,19,20,21). The highest BCUT2D eigenvalue weighted by Gasteiger charge is 2.12. The highest BCUT2D eigenvalue weighted by Crippen LogP contribution is 2.22. The summed E-state index contributed by atoms with van der Waals surface area (Å²) < 4.78 is 5.21. The van der Waals surface area contributed by atoms with Gasteiger partial charge in [0.25, 0.3) is 0 Å². The summed E-state index contributed by atoms with van der Waals surface area (Å²) in [5, 5.41) is 19.3. The Morgan fingerprint density at radius 1 is 1.46 bits per heavy atom. The Balaban J connectivity index is 1.60. The number of halogens is 1. The van der Waals surface area contributed by atoms with Gasteiger partial charge in [-0.05, 0) is 30.3 Å². The van der Waals surface area contributed by atoms with Crippen molar-refractivity contribution >= 4 is 35.0 Å². The number of furan rings is 1. The second kappa shape index (κ2) is 7.21. The van der Waals surface area contributed by atoms with Gasteiger partial charge in [-0.2, -0.15) is 10.2 Å². The number of nitrogens with one attached hydrogen (secondary N) is 2. The smallest absolute Gasteiger partial charge is 0.234 e. The molecule has 9 heteroatoms. The van der Waals surface area contributed by atoms with Crippen LogP contribution in [0.5, 0.6) is 0 Å². The van der Waals surface area contributed by atoms with E-state index < -0.39 is 0 Å². The van der Waals surface area contributed by atoms with Crippen molar-refractivity contribution in [3.8, 4) is 17.7 Å². The largest absolute Gasteiger partial charge is 0.461 e. The first-order chi connectivity index (χ1) is 11.7. The summed E-state index contributed by atoms with van der Waals surface area (Å²) in [4.78, 5) is 16.3. The van der Waals surface area contributed by atoms with Gasteiger partial charge in [-0.15, -0.1) is 5.10 Å². The Kier molecular flexibility index (Phi) is 4.84. The molecule has 120 valence electrons. The molecule has 0 saturated carbocycles. The van der Waals surface area contributed by atoms with E-state index in [0.29, 0.717) is 33.0 Å². The van der Waals surface area contributed by atoms with Crippen molar-refractivity contribution in [2.45, 2.75) is 5.16 Å². The van der Waals surface area contributed by atoms with Gasteiger partial charge in [-0.3, -0.25) is 9.89 Å². The third-order valence-electron chi connectivity index (χ3n) is 2.93. The molecule has 0 fully saturated rings. The van der Waals surface area contributed by atoms with Gasteiger partial charge >= 0.3 is 0 Å². The number of thioether (sulfide) groups is 1. The number of nitrogens with zero attached hydrogens (tertiary/aromatic N) is 3. The number of rotatable bonds is 5. The highest BCUT2D eigenvalue weighted by atomic mass is 35.5. The molecule has 0 aliphatic rings. The highest BCUT2D eigenvalue weighted by molar-refractivity contribution is 7.99. The number of hydrogen-bond acceptors (Lipinski definition) is 6. The van der Waals surface area contributed by atoms with Gasteiger partial charge in [0.05, 0.1) is 23.3 Å². The van der Waals surface area contributed by atoms with Crippen molar-refractivity contribution in [1.29, 1.82) is 5.26 Å². The maximum Gasteiger partial charge on any atom is 0.234 e. The maximum absolute atomic E-state index is 12.0. The van der Waals surface area contributed by atoms with Crippen molar-refractivity contribution in [1.82, 2.24) is 15.2 Å². The van der Waals surface area contributed by atoms with Crippen LogP contribution in [-0.4, -0.2) is 26.8 Å². The Bertz CT molecular complexity index is 901. The lowest BCUT2D eigenvalue weighted by molar-refractivity contribution is -0.113. The first kappa shape index (κ1) is 16.1. The number of nitriles is 1. The van der Waals surface area contributed by atoms with E-state index in [9.17, 15) is 4.79 Å². The van der Waals surface area contributed by atoms with Crippen molar-refractivity contribution in [2.24, 2.45) is 0 Å². The molecule has 2 aromatic heterocycles. The molecule has 24 heavy (non-hydrogen) atoms. The molecule has 2 heterocycles. The fourth-order valence-electron chi connectivity index (χ4n) is 1.87. The molecule has 0 radical (unpaired) electrons. The monoisotopic (exact) mass is 359 g/mol. The minimum atomic E-state index is -0.289. The molecule has 0 atom stereocenters. The minimum absolute atomic E-state index is 0.0901. The summed E-state index contributed by atoms with van der Waals surface area (Å²) in [6.45, 7) is 0. The molecule has 0 saturated heterocycles. The SMILES string of the molecule is N#Cc1ccc(Cl)cc1NC(=O)CSc1n[nH]c(-c2ccco2)n1. The lowest BCUT2D eigenvalue weighted by atomic mass is 10.2. The van der Waals surface area contributed by atoms with Crippen molar-refractivity contribution < 1.29 is 9.21 Å². The topological polar surface area (TPSA) is 108 Å². The number of H-pyrrole nitrogens is 1. The molecule has 0 bridgehead atoms. The molecule has 3 aromatic rings. The zero-order chi connectivity index (χ0) is 16.9. The first-order valence-corrected chi connectivity index (χ1v) is 8.10. The van der Waals surface area contributed by atoms with Gasteiger partial charge in [-0.1, -0.05) is 23.4 Å². The zero-order valence-corrected chi connectivity index (χ0v) is 13.7. The van der Waals surface area contributed by atoms with E-state index in [4.69, 9.17) is 21.3 Å². The summed E-state index contributed by atoms with van der Waals surface area (Å²) in [7, 11) is 0. The predicted octanol–water partition coefficient (Wildman–Crippen LogP) is 3.32. The average molecular weight is 360 g/mol. The Morgan fingerprint density at radius 3 is 3.08 bits per heavy atom. The third kappa shape index (κ3) is 3.76. The molecule has 3 rings (SSSR count). The summed E-state index contributed by atoms with van der Waals surface area (Å²) in [6, 6.07) is 10.2. The molecule has 0 unspecified atom stereocenters. The summed E-state index contributed by atoms with van der Waals surface area (Å²) in [5.41, 5.74) is 0.720.